The van der Waals surface area contributed by atoms with Crippen molar-refractivity contribution >= 4 is 17.6 Å². The lowest BCUT2D eigenvalue weighted by Gasteiger charge is -2.17. The van der Waals surface area contributed by atoms with Gasteiger partial charge < -0.3 is 5.32 Å². The Morgan fingerprint density at radius 3 is 2.65 bits per heavy atom. The predicted molar refractivity (Wildman–Crippen MR) is 65.3 cm³/mol. The number of thioether (sulfide) groups is 1. The molecule has 0 aliphatic rings. The van der Waals surface area contributed by atoms with Gasteiger partial charge in [0.05, 0.1) is 0 Å². The first-order chi connectivity index (χ1) is 7.97. The summed E-state index contributed by atoms with van der Waals surface area (Å²) in [5, 5.41) is 3.01. The molecule has 0 fully saturated rings. The third-order valence-electron chi connectivity index (χ3n) is 2.25. The molecule has 0 saturated carbocycles. The van der Waals surface area contributed by atoms with Crippen LogP contribution in [-0.4, -0.2) is 23.0 Å². The molecule has 1 aromatic rings. The zero-order chi connectivity index (χ0) is 12.9. The third-order valence-corrected chi connectivity index (χ3v) is 2.99. The predicted octanol–water partition coefficient (Wildman–Crippen LogP) is 3.65. The van der Waals surface area contributed by atoms with Gasteiger partial charge >= 0.3 is 6.18 Å². The Balaban J connectivity index is 2.78. The summed E-state index contributed by atoms with van der Waals surface area (Å²) < 4.78 is 37.3. The van der Waals surface area contributed by atoms with E-state index in [9.17, 15) is 13.2 Å². The number of nitrogens with zero attached hydrogens (tertiary/aromatic N) is 1. The van der Waals surface area contributed by atoms with Crippen LogP contribution in [0, 0.1) is 0 Å². The number of anilines is 1. The molecule has 0 saturated heterocycles. The summed E-state index contributed by atoms with van der Waals surface area (Å²) in [4.78, 5) is 3.57. The number of hydrogen-bond acceptors (Lipinski definition) is 3. The van der Waals surface area contributed by atoms with Crippen molar-refractivity contribution < 1.29 is 13.2 Å². The van der Waals surface area contributed by atoms with E-state index >= 15 is 0 Å². The summed E-state index contributed by atoms with van der Waals surface area (Å²) in [6, 6.07) is 4.03. The molecule has 96 valence electrons. The fourth-order valence-corrected chi connectivity index (χ4v) is 2.07. The Morgan fingerprint density at radius 1 is 1.41 bits per heavy atom. The van der Waals surface area contributed by atoms with E-state index in [1.54, 1.807) is 17.8 Å². The van der Waals surface area contributed by atoms with E-state index in [1.165, 1.54) is 6.07 Å². The molecule has 0 aliphatic carbocycles. The molecule has 0 bridgehead atoms. The lowest BCUT2D eigenvalue weighted by molar-refractivity contribution is -0.141. The third kappa shape index (κ3) is 4.46. The second kappa shape index (κ2) is 6.14. The van der Waals surface area contributed by atoms with Crippen molar-refractivity contribution in [3.8, 4) is 0 Å². The second-order valence-electron chi connectivity index (χ2n) is 3.61. The van der Waals surface area contributed by atoms with E-state index in [4.69, 9.17) is 0 Å². The first-order valence-corrected chi connectivity index (χ1v) is 6.66. The Morgan fingerprint density at radius 2 is 2.12 bits per heavy atom. The second-order valence-corrected chi connectivity index (χ2v) is 4.52. The first kappa shape index (κ1) is 14.2. The molecule has 0 aromatic carbocycles. The minimum atomic E-state index is -4.39. The van der Waals surface area contributed by atoms with E-state index in [1.807, 2.05) is 13.2 Å². The SMILES string of the molecule is CCC(CSC)Nc1cccc(C(F)(F)F)n1. The van der Waals surface area contributed by atoms with E-state index in [0.717, 1.165) is 18.2 Å². The molecule has 1 N–H and O–H groups in total. The molecule has 0 radical (unpaired) electrons. The van der Waals surface area contributed by atoms with Crippen LogP contribution in [0.3, 0.4) is 0 Å². The highest BCUT2D eigenvalue weighted by atomic mass is 32.2. The van der Waals surface area contributed by atoms with Gasteiger partial charge in [-0.3, -0.25) is 0 Å². The minimum absolute atomic E-state index is 0.140. The topological polar surface area (TPSA) is 24.9 Å². The van der Waals surface area contributed by atoms with E-state index < -0.39 is 11.9 Å². The van der Waals surface area contributed by atoms with Crippen molar-refractivity contribution in [3.63, 3.8) is 0 Å². The van der Waals surface area contributed by atoms with Gasteiger partial charge in [0.1, 0.15) is 11.5 Å². The normalized spacial score (nSPS) is 13.5. The average molecular weight is 264 g/mol. The molecule has 1 heterocycles. The minimum Gasteiger partial charge on any atom is -0.367 e. The Kier molecular flexibility index (Phi) is 5.11. The standard InChI is InChI=1S/C11H15F3N2S/c1-3-8(7-17-2)15-10-6-4-5-9(16-10)11(12,13)14/h4-6,8H,3,7H2,1-2H3,(H,15,16). The molecule has 0 amide bonds. The first-order valence-electron chi connectivity index (χ1n) is 5.27. The van der Waals surface area contributed by atoms with Gasteiger partial charge in [-0.2, -0.15) is 24.9 Å². The number of alkyl halides is 3. The maximum atomic E-state index is 12.4. The van der Waals surface area contributed by atoms with Crippen molar-refractivity contribution in [2.45, 2.75) is 25.6 Å². The monoisotopic (exact) mass is 264 g/mol. The molecule has 1 aromatic heterocycles. The zero-order valence-electron chi connectivity index (χ0n) is 9.71. The van der Waals surface area contributed by atoms with Gasteiger partial charge in [-0.25, -0.2) is 4.98 Å². The molecule has 1 unspecified atom stereocenters. The van der Waals surface area contributed by atoms with Gasteiger partial charge in [0, 0.05) is 11.8 Å². The van der Waals surface area contributed by atoms with Gasteiger partial charge in [-0.1, -0.05) is 13.0 Å². The van der Waals surface area contributed by atoms with Crippen molar-refractivity contribution in [3.05, 3.63) is 23.9 Å². The summed E-state index contributed by atoms with van der Waals surface area (Å²) in [5.74, 6) is 1.12. The summed E-state index contributed by atoms with van der Waals surface area (Å²) >= 11 is 1.65. The van der Waals surface area contributed by atoms with Crippen molar-refractivity contribution in [2.24, 2.45) is 0 Å². The molecule has 1 rings (SSSR count). The van der Waals surface area contributed by atoms with E-state index in [0.29, 0.717) is 0 Å². The van der Waals surface area contributed by atoms with Gasteiger partial charge in [0.15, 0.2) is 0 Å². The number of halogens is 3. The number of nitrogens with one attached hydrogen (secondary N) is 1. The average Bonchev–Trinajstić information content (AvgIpc) is 2.28. The number of rotatable bonds is 5. The van der Waals surface area contributed by atoms with Gasteiger partial charge in [-0.15, -0.1) is 0 Å². The molecular weight excluding hydrogens is 249 g/mol. The fourth-order valence-electron chi connectivity index (χ4n) is 1.34. The van der Waals surface area contributed by atoms with Gasteiger partial charge in [0.25, 0.3) is 0 Å². The molecular formula is C11H15F3N2S. The Labute approximate surface area is 103 Å². The largest absolute Gasteiger partial charge is 0.433 e. The fraction of sp³-hybridized carbons (Fsp3) is 0.545. The highest BCUT2D eigenvalue weighted by Gasteiger charge is 2.32. The van der Waals surface area contributed by atoms with Gasteiger partial charge in [0.2, 0.25) is 0 Å². The van der Waals surface area contributed by atoms with Crippen molar-refractivity contribution in [1.82, 2.24) is 4.98 Å². The quantitative estimate of drug-likeness (QED) is 0.878. The van der Waals surface area contributed by atoms with Crippen LogP contribution >= 0.6 is 11.8 Å². The van der Waals surface area contributed by atoms with Gasteiger partial charge in [-0.05, 0) is 24.8 Å². The summed E-state index contributed by atoms with van der Waals surface area (Å²) in [6.07, 6.45) is -1.58. The molecule has 0 spiro atoms. The molecule has 1 atom stereocenters. The molecule has 0 aliphatic heterocycles. The summed E-state index contributed by atoms with van der Waals surface area (Å²) in [7, 11) is 0. The number of hydrogen-bond donors (Lipinski definition) is 1. The molecule has 2 nitrogen and oxygen atoms in total. The molecule has 6 heteroatoms. The van der Waals surface area contributed by atoms with Crippen LogP contribution in [0.1, 0.15) is 19.0 Å². The van der Waals surface area contributed by atoms with Crippen molar-refractivity contribution in [2.75, 3.05) is 17.3 Å². The van der Waals surface area contributed by atoms with Crippen LogP contribution in [0.15, 0.2) is 18.2 Å². The number of pyridine rings is 1. The lowest BCUT2D eigenvalue weighted by Crippen LogP contribution is -2.22. The Bertz CT molecular complexity index is 355. The lowest BCUT2D eigenvalue weighted by atomic mass is 10.2. The Hall–Kier alpha value is -0.910. The van der Waals surface area contributed by atoms with Crippen LogP contribution in [0.2, 0.25) is 0 Å². The highest BCUT2D eigenvalue weighted by Crippen LogP contribution is 2.28. The smallest absolute Gasteiger partial charge is 0.367 e. The van der Waals surface area contributed by atoms with E-state index in [2.05, 4.69) is 10.3 Å². The molecule has 17 heavy (non-hydrogen) atoms. The highest BCUT2D eigenvalue weighted by molar-refractivity contribution is 7.98. The van der Waals surface area contributed by atoms with Crippen LogP contribution < -0.4 is 5.32 Å². The summed E-state index contributed by atoms with van der Waals surface area (Å²) in [6.45, 7) is 1.99. The van der Waals surface area contributed by atoms with Crippen LogP contribution in [0.4, 0.5) is 19.0 Å². The van der Waals surface area contributed by atoms with Crippen molar-refractivity contribution in [1.29, 1.82) is 0 Å². The maximum absolute atomic E-state index is 12.4. The van der Waals surface area contributed by atoms with Crippen LogP contribution in [0.25, 0.3) is 0 Å². The van der Waals surface area contributed by atoms with E-state index in [-0.39, 0.29) is 11.9 Å². The van der Waals surface area contributed by atoms with Crippen LogP contribution in [-0.2, 0) is 6.18 Å². The number of aromatic nitrogens is 1. The summed E-state index contributed by atoms with van der Waals surface area (Å²) in [5.41, 5.74) is -0.860. The van der Waals surface area contributed by atoms with Crippen LogP contribution in [0.5, 0.6) is 0 Å². The zero-order valence-corrected chi connectivity index (χ0v) is 10.5. The maximum Gasteiger partial charge on any atom is 0.433 e.